The summed E-state index contributed by atoms with van der Waals surface area (Å²) in [6.07, 6.45) is 1.03. The highest BCUT2D eigenvalue weighted by Crippen LogP contribution is 2.66. The molecule has 3 N–H and O–H groups in total. The molecule has 0 aromatic carbocycles. The molecule has 3 rings (SSSR count). The van der Waals surface area contributed by atoms with Crippen LogP contribution in [0.1, 0.15) is 40.5 Å². The molecule has 16 nitrogen and oxygen atoms in total. The molecule has 0 heterocycles. The van der Waals surface area contributed by atoms with Gasteiger partial charge in [0.15, 0.2) is 5.78 Å². The fourth-order valence-corrected chi connectivity index (χ4v) is 5.69. The molecule has 1 fully saturated rings. The number of ether oxygens (including phenoxy) is 2. The minimum absolute atomic E-state index is 0.0932. The lowest BCUT2D eigenvalue weighted by Gasteiger charge is -2.39. The number of Topliss-reactive ketones (excluding diaryl/α,β-unsaturated/α-hetero) is 1. The highest BCUT2D eigenvalue weighted by molar-refractivity contribution is 6.09. The lowest BCUT2D eigenvalue weighted by atomic mass is 9.67. The lowest BCUT2D eigenvalue weighted by Crippen LogP contribution is -2.51. The SMILES string of the molecule is CC(=O)OC[C@]1(C)C=C2C(=O)[C@](C)(O)C3(CC3OC(=O)N(C)CCN(C)C(=O)CNC(=O)CNC(=O)CN=[N+]=[N-])C(C)=C2C1. The second-order valence-corrected chi connectivity index (χ2v) is 11.9. The summed E-state index contributed by atoms with van der Waals surface area (Å²) in [7, 11) is 2.98. The van der Waals surface area contributed by atoms with Crippen LogP contribution >= 0.6 is 0 Å². The Balaban J connectivity index is 1.52. The quantitative estimate of drug-likeness (QED) is 0.119. The van der Waals surface area contributed by atoms with Crippen LogP contribution in [0.15, 0.2) is 27.9 Å². The normalized spacial score (nSPS) is 26.6. The van der Waals surface area contributed by atoms with Crippen LogP contribution in [-0.4, -0.2) is 116 Å². The van der Waals surface area contributed by atoms with E-state index in [9.17, 15) is 33.9 Å². The number of nitrogens with zero attached hydrogens (tertiary/aromatic N) is 5. The molecule has 4 amide bonds. The van der Waals surface area contributed by atoms with E-state index in [0.717, 1.165) is 11.1 Å². The Hall–Kier alpha value is -4.43. The molecule has 0 radical (unpaired) electrons. The molecular formula is C28H39N7O9. The van der Waals surface area contributed by atoms with Crippen molar-refractivity contribution < 1.29 is 43.3 Å². The maximum Gasteiger partial charge on any atom is 0.409 e. The van der Waals surface area contributed by atoms with Crippen LogP contribution in [-0.2, 0) is 33.4 Å². The first-order valence-corrected chi connectivity index (χ1v) is 14.0. The van der Waals surface area contributed by atoms with Crippen molar-refractivity contribution in [2.75, 3.05) is 53.4 Å². The standard InChI is InChI=1S/C28H39N7O9/c1-16-18-9-26(3,15-43-17(2)36)10-19(18)24(40)27(4,42)28(16)11-20(28)44-25(41)35(6)8-7-34(5)23(39)14-31-21(37)12-30-22(38)13-32-33-29/h10,20,42H,7-9,11-15H2,1-6H3,(H,30,38)(H,31,37)/t20?,26-,27-,28?/m0/s1. The third-order valence-electron chi connectivity index (χ3n) is 8.49. The van der Waals surface area contributed by atoms with E-state index in [1.807, 2.05) is 13.8 Å². The molecule has 44 heavy (non-hydrogen) atoms. The van der Waals surface area contributed by atoms with Crippen LogP contribution in [0.2, 0.25) is 0 Å². The zero-order valence-electron chi connectivity index (χ0n) is 25.8. The monoisotopic (exact) mass is 617 g/mol. The van der Waals surface area contributed by atoms with Gasteiger partial charge in [0.2, 0.25) is 17.7 Å². The molecule has 3 aliphatic carbocycles. The van der Waals surface area contributed by atoms with Gasteiger partial charge in [0.1, 0.15) is 24.9 Å². The maximum atomic E-state index is 13.5. The molecule has 0 aliphatic heterocycles. The van der Waals surface area contributed by atoms with E-state index >= 15 is 0 Å². The number of allylic oxidation sites excluding steroid dienone is 1. The van der Waals surface area contributed by atoms with E-state index < -0.39 is 71.2 Å². The Bertz CT molecular complexity index is 1370. The van der Waals surface area contributed by atoms with E-state index in [1.54, 1.807) is 6.08 Å². The van der Waals surface area contributed by atoms with Gasteiger partial charge in [-0.25, -0.2) is 4.79 Å². The van der Waals surface area contributed by atoms with Crippen molar-refractivity contribution in [1.29, 1.82) is 0 Å². The number of rotatable bonds is 12. The fourth-order valence-electron chi connectivity index (χ4n) is 5.69. The number of aliphatic hydroxyl groups is 1. The Morgan fingerprint density at radius 2 is 1.75 bits per heavy atom. The molecule has 0 saturated heterocycles. The second kappa shape index (κ2) is 13.1. The third-order valence-corrected chi connectivity index (χ3v) is 8.49. The number of hydrogen-bond acceptors (Lipinski definition) is 10. The van der Waals surface area contributed by atoms with Crippen LogP contribution in [0.3, 0.4) is 0 Å². The number of likely N-dealkylation sites (N-methyl/N-ethyl adjacent to an activating group) is 2. The zero-order valence-corrected chi connectivity index (χ0v) is 25.8. The van der Waals surface area contributed by atoms with Gasteiger partial charge in [0.05, 0.1) is 18.5 Å². The number of esters is 1. The van der Waals surface area contributed by atoms with Gasteiger partial charge in [0.25, 0.3) is 0 Å². The molecule has 240 valence electrons. The molecule has 1 saturated carbocycles. The highest BCUT2D eigenvalue weighted by atomic mass is 16.6. The Morgan fingerprint density at radius 3 is 2.39 bits per heavy atom. The summed E-state index contributed by atoms with van der Waals surface area (Å²) < 4.78 is 10.9. The van der Waals surface area contributed by atoms with Crippen molar-refractivity contribution in [3.8, 4) is 0 Å². The number of nitrogens with one attached hydrogen (secondary N) is 2. The molecule has 4 atom stereocenters. The van der Waals surface area contributed by atoms with Crippen molar-refractivity contribution in [3.63, 3.8) is 0 Å². The minimum atomic E-state index is -1.81. The molecule has 1 spiro atoms. The minimum Gasteiger partial charge on any atom is -0.465 e. The number of azide groups is 1. The lowest BCUT2D eigenvalue weighted by molar-refractivity contribution is -0.143. The van der Waals surface area contributed by atoms with Gasteiger partial charge in [-0.3, -0.25) is 24.0 Å². The molecule has 0 bridgehead atoms. The van der Waals surface area contributed by atoms with Crippen LogP contribution in [0.4, 0.5) is 4.79 Å². The topological polar surface area (TPSA) is 220 Å². The number of amides is 4. The predicted molar refractivity (Wildman–Crippen MR) is 153 cm³/mol. The first-order valence-electron chi connectivity index (χ1n) is 14.0. The molecule has 0 aromatic heterocycles. The van der Waals surface area contributed by atoms with Crippen molar-refractivity contribution in [2.24, 2.45) is 15.9 Å². The number of ketones is 1. The van der Waals surface area contributed by atoms with Crippen molar-refractivity contribution in [2.45, 2.75) is 52.2 Å². The average molecular weight is 618 g/mol. The molecule has 16 heteroatoms. The maximum absolute atomic E-state index is 13.5. The average Bonchev–Trinajstić information content (AvgIpc) is 3.59. The largest absolute Gasteiger partial charge is 0.465 e. The second-order valence-electron chi connectivity index (χ2n) is 11.9. The summed E-state index contributed by atoms with van der Waals surface area (Å²) >= 11 is 0. The first-order chi connectivity index (χ1) is 20.5. The number of hydrogen-bond donors (Lipinski definition) is 3. The van der Waals surface area contributed by atoms with Crippen LogP contribution in [0.5, 0.6) is 0 Å². The third kappa shape index (κ3) is 7.03. The van der Waals surface area contributed by atoms with Gasteiger partial charge >= 0.3 is 12.1 Å². The van der Waals surface area contributed by atoms with Crippen molar-refractivity contribution in [3.05, 3.63) is 33.2 Å². The smallest absolute Gasteiger partial charge is 0.409 e. The number of carbonyl (C=O) groups is 6. The van der Waals surface area contributed by atoms with Gasteiger partial charge < -0.3 is 35.0 Å². The van der Waals surface area contributed by atoms with E-state index in [4.69, 9.17) is 15.0 Å². The van der Waals surface area contributed by atoms with Gasteiger partial charge in [0, 0.05) is 56.4 Å². The summed E-state index contributed by atoms with van der Waals surface area (Å²) in [6, 6.07) is 0. The van der Waals surface area contributed by atoms with Gasteiger partial charge in [-0.15, -0.1) is 0 Å². The fraction of sp³-hybridized carbons (Fsp3) is 0.643. The van der Waals surface area contributed by atoms with Crippen LogP contribution in [0.25, 0.3) is 10.4 Å². The van der Waals surface area contributed by atoms with Crippen LogP contribution in [0, 0.1) is 10.8 Å². The summed E-state index contributed by atoms with van der Waals surface area (Å²) in [5, 5.41) is 19.1. The first kappa shape index (κ1) is 34.1. The number of carbonyl (C=O) groups excluding carboxylic acids is 6. The van der Waals surface area contributed by atoms with E-state index in [2.05, 4.69) is 20.7 Å². The van der Waals surface area contributed by atoms with Crippen molar-refractivity contribution in [1.82, 2.24) is 20.4 Å². The van der Waals surface area contributed by atoms with Gasteiger partial charge in [-0.05, 0) is 31.4 Å². The zero-order chi connectivity index (χ0) is 33.0. The van der Waals surface area contributed by atoms with Crippen molar-refractivity contribution >= 4 is 35.6 Å². The summed E-state index contributed by atoms with van der Waals surface area (Å²) in [5.41, 5.74) is 6.64. The highest BCUT2D eigenvalue weighted by Gasteiger charge is 2.73. The Morgan fingerprint density at radius 1 is 1.11 bits per heavy atom. The Kier molecular flexibility index (Phi) is 10.1. The van der Waals surface area contributed by atoms with E-state index in [-0.39, 0.29) is 32.7 Å². The van der Waals surface area contributed by atoms with Crippen LogP contribution < -0.4 is 10.6 Å². The summed E-state index contributed by atoms with van der Waals surface area (Å²) in [6.45, 7) is 5.58. The summed E-state index contributed by atoms with van der Waals surface area (Å²) in [5.74, 6) is -2.58. The molecule has 3 aliphatic rings. The molecular weight excluding hydrogens is 578 g/mol. The molecule has 2 unspecified atom stereocenters. The predicted octanol–water partition coefficient (Wildman–Crippen LogP) is 0.364. The van der Waals surface area contributed by atoms with Gasteiger partial charge in [-0.2, -0.15) is 0 Å². The van der Waals surface area contributed by atoms with Gasteiger partial charge in [-0.1, -0.05) is 23.7 Å². The van der Waals surface area contributed by atoms with E-state index in [1.165, 1.54) is 37.7 Å². The number of fused-ring (bicyclic) bond motifs is 1. The Labute approximate surface area is 254 Å². The molecule has 0 aromatic rings. The summed E-state index contributed by atoms with van der Waals surface area (Å²) in [4.78, 5) is 78.4. The van der Waals surface area contributed by atoms with E-state index in [0.29, 0.717) is 12.0 Å².